The molecule has 0 saturated carbocycles. The lowest BCUT2D eigenvalue weighted by Crippen LogP contribution is -2.16. The monoisotopic (exact) mass is 416 g/mol. The van der Waals surface area contributed by atoms with Crippen LogP contribution in [0.5, 0.6) is 0 Å². The van der Waals surface area contributed by atoms with Crippen LogP contribution in [0.3, 0.4) is 0 Å². The van der Waals surface area contributed by atoms with E-state index in [0.29, 0.717) is 0 Å². The number of aliphatic carboxylic acids is 2. The number of ether oxygens (including phenoxy) is 1. The fourth-order valence-corrected chi connectivity index (χ4v) is 3.05. The van der Waals surface area contributed by atoms with Crippen LogP contribution in [0.2, 0.25) is 0 Å². The molecule has 0 amide bonds. The first-order valence-corrected chi connectivity index (χ1v) is 11.5. The molecular formula is C23H44O6. The SMILES string of the molecule is CC(=O)O.CCCCCCCCCCCCCCCCCCCOC(=O)C(=O)O. The molecule has 0 aromatic rings. The first kappa shape index (κ1) is 29.6. The Bertz CT molecular complexity index is 391. The standard InChI is InChI=1S/C21H40O4.C2H4O2/c1-2-3-4-5-6-7-8-9-10-11-12-13-14-15-16-17-18-19-25-21(24)20(22)23;1-2(3)4/h2-19H2,1H3,(H,22,23);1H3,(H,3,4). The molecule has 0 aromatic carbocycles. The molecule has 0 unspecified atom stereocenters. The van der Waals surface area contributed by atoms with Crippen molar-refractivity contribution in [2.75, 3.05) is 6.61 Å². The molecule has 6 heteroatoms. The summed E-state index contributed by atoms with van der Waals surface area (Å²) in [6.45, 7) is 3.58. The van der Waals surface area contributed by atoms with E-state index in [9.17, 15) is 9.59 Å². The van der Waals surface area contributed by atoms with Crippen molar-refractivity contribution >= 4 is 17.9 Å². The van der Waals surface area contributed by atoms with Crippen LogP contribution in [-0.4, -0.2) is 34.7 Å². The minimum Gasteiger partial charge on any atom is -0.481 e. The quantitative estimate of drug-likeness (QED) is 0.153. The lowest BCUT2D eigenvalue weighted by Gasteiger charge is -2.04. The third-order valence-corrected chi connectivity index (χ3v) is 4.66. The van der Waals surface area contributed by atoms with Crippen LogP contribution >= 0.6 is 0 Å². The molecule has 0 radical (unpaired) electrons. The molecule has 0 rings (SSSR count). The van der Waals surface area contributed by atoms with Crippen molar-refractivity contribution in [3.05, 3.63) is 0 Å². The van der Waals surface area contributed by atoms with Gasteiger partial charge in [0.15, 0.2) is 0 Å². The molecule has 6 nitrogen and oxygen atoms in total. The summed E-state index contributed by atoms with van der Waals surface area (Å²) in [6.07, 6.45) is 22.1. The van der Waals surface area contributed by atoms with E-state index < -0.39 is 17.9 Å². The normalized spacial score (nSPS) is 10.1. The second kappa shape index (κ2) is 24.4. The molecule has 29 heavy (non-hydrogen) atoms. The van der Waals surface area contributed by atoms with Gasteiger partial charge in [-0.1, -0.05) is 110 Å². The average molecular weight is 417 g/mol. The topological polar surface area (TPSA) is 101 Å². The predicted molar refractivity (Wildman–Crippen MR) is 116 cm³/mol. The van der Waals surface area contributed by atoms with Gasteiger partial charge in [0.05, 0.1) is 6.61 Å². The zero-order valence-electron chi connectivity index (χ0n) is 18.8. The summed E-state index contributed by atoms with van der Waals surface area (Å²) in [5.74, 6) is -3.48. The van der Waals surface area contributed by atoms with Gasteiger partial charge >= 0.3 is 11.9 Å². The maximum Gasteiger partial charge on any atom is 0.417 e. The summed E-state index contributed by atoms with van der Waals surface area (Å²) >= 11 is 0. The molecule has 172 valence electrons. The maximum absolute atomic E-state index is 10.7. The Labute approximate surface area is 177 Å². The highest BCUT2D eigenvalue weighted by Crippen LogP contribution is 2.14. The highest BCUT2D eigenvalue weighted by atomic mass is 16.6. The van der Waals surface area contributed by atoms with Crippen LogP contribution in [0, 0.1) is 0 Å². The van der Waals surface area contributed by atoms with Gasteiger partial charge in [0.1, 0.15) is 0 Å². The van der Waals surface area contributed by atoms with Crippen molar-refractivity contribution in [3.8, 4) is 0 Å². The Morgan fingerprint density at radius 2 is 0.862 bits per heavy atom. The second-order valence-electron chi connectivity index (χ2n) is 7.62. The molecule has 0 aliphatic rings. The van der Waals surface area contributed by atoms with Crippen LogP contribution in [0.4, 0.5) is 0 Å². The summed E-state index contributed by atoms with van der Waals surface area (Å²) in [5.41, 5.74) is 0. The predicted octanol–water partition coefficient (Wildman–Crippen LogP) is 6.36. The number of carboxylic acid groups (broad SMARTS) is 2. The first-order valence-electron chi connectivity index (χ1n) is 11.5. The number of hydrogen-bond acceptors (Lipinski definition) is 4. The third-order valence-electron chi connectivity index (χ3n) is 4.66. The number of unbranched alkanes of at least 4 members (excludes halogenated alkanes) is 16. The summed E-state index contributed by atoms with van der Waals surface area (Å²) in [7, 11) is 0. The number of hydrogen-bond donors (Lipinski definition) is 2. The highest BCUT2D eigenvalue weighted by molar-refractivity contribution is 6.28. The van der Waals surface area contributed by atoms with E-state index in [1.54, 1.807) is 0 Å². The molecule has 0 spiro atoms. The Balaban J connectivity index is 0. The Morgan fingerprint density at radius 3 is 1.14 bits per heavy atom. The largest absolute Gasteiger partial charge is 0.481 e. The molecular weight excluding hydrogens is 372 g/mol. The van der Waals surface area contributed by atoms with Gasteiger partial charge in [-0.3, -0.25) is 4.79 Å². The maximum atomic E-state index is 10.7. The van der Waals surface area contributed by atoms with E-state index in [-0.39, 0.29) is 6.61 Å². The van der Waals surface area contributed by atoms with Gasteiger partial charge in [-0.05, 0) is 6.42 Å². The molecule has 2 N–H and O–H groups in total. The number of carboxylic acids is 2. The van der Waals surface area contributed by atoms with Crippen LogP contribution in [0.1, 0.15) is 123 Å². The number of rotatable bonds is 18. The fourth-order valence-electron chi connectivity index (χ4n) is 3.05. The van der Waals surface area contributed by atoms with Gasteiger partial charge in [0, 0.05) is 6.92 Å². The highest BCUT2D eigenvalue weighted by Gasteiger charge is 2.11. The van der Waals surface area contributed by atoms with E-state index in [4.69, 9.17) is 15.0 Å². The molecule has 0 bridgehead atoms. The van der Waals surface area contributed by atoms with E-state index >= 15 is 0 Å². The van der Waals surface area contributed by atoms with Crippen LogP contribution in [0.15, 0.2) is 0 Å². The van der Waals surface area contributed by atoms with Crippen molar-refractivity contribution in [1.29, 1.82) is 0 Å². The lowest BCUT2D eigenvalue weighted by molar-refractivity contribution is -0.163. The molecule has 0 aliphatic carbocycles. The number of carbonyl (C=O) groups is 3. The Morgan fingerprint density at radius 1 is 0.586 bits per heavy atom. The minimum atomic E-state index is -1.51. The molecule has 0 atom stereocenters. The molecule has 0 heterocycles. The van der Waals surface area contributed by atoms with Crippen molar-refractivity contribution in [2.45, 2.75) is 123 Å². The van der Waals surface area contributed by atoms with Crippen molar-refractivity contribution in [2.24, 2.45) is 0 Å². The summed E-state index contributed by atoms with van der Waals surface area (Å²) in [5, 5.41) is 15.8. The Kier molecular flexibility index (Phi) is 25.0. The fraction of sp³-hybridized carbons (Fsp3) is 0.870. The second-order valence-corrected chi connectivity index (χ2v) is 7.62. The van der Waals surface area contributed by atoms with Crippen molar-refractivity contribution in [1.82, 2.24) is 0 Å². The van der Waals surface area contributed by atoms with Gasteiger partial charge in [0.2, 0.25) is 0 Å². The average Bonchev–Trinajstić information content (AvgIpc) is 2.66. The smallest absolute Gasteiger partial charge is 0.417 e. The van der Waals surface area contributed by atoms with Crippen molar-refractivity contribution < 1.29 is 29.3 Å². The third kappa shape index (κ3) is 31.3. The van der Waals surface area contributed by atoms with E-state index in [2.05, 4.69) is 11.7 Å². The molecule has 0 fully saturated rings. The Hall–Kier alpha value is -1.59. The molecule has 0 aliphatic heterocycles. The van der Waals surface area contributed by atoms with E-state index in [1.165, 1.54) is 89.9 Å². The zero-order valence-corrected chi connectivity index (χ0v) is 18.8. The zero-order chi connectivity index (χ0) is 22.2. The van der Waals surface area contributed by atoms with Crippen LogP contribution in [0.25, 0.3) is 0 Å². The van der Waals surface area contributed by atoms with Crippen LogP contribution < -0.4 is 0 Å². The van der Waals surface area contributed by atoms with Gasteiger partial charge in [0.25, 0.3) is 5.97 Å². The summed E-state index contributed by atoms with van der Waals surface area (Å²) in [4.78, 5) is 29.9. The van der Waals surface area contributed by atoms with E-state index in [0.717, 1.165) is 26.2 Å². The minimum absolute atomic E-state index is 0.226. The molecule has 0 aromatic heterocycles. The van der Waals surface area contributed by atoms with Gasteiger partial charge in [-0.25, -0.2) is 9.59 Å². The first-order chi connectivity index (χ1) is 13.9. The van der Waals surface area contributed by atoms with Gasteiger partial charge in [-0.2, -0.15) is 0 Å². The van der Waals surface area contributed by atoms with Crippen LogP contribution in [-0.2, 0) is 19.1 Å². The lowest BCUT2D eigenvalue weighted by atomic mass is 10.0. The summed E-state index contributed by atoms with van der Waals surface area (Å²) < 4.78 is 4.59. The van der Waals surface area contributed by atoms with Gasteiger partial charge < -0.3 is 14.9 Å². The van der Waals surface area contributed by atoms with Gasteiger partial charge in [-0.15, -0.1) is 0 Å². The van der Waals surface area contributed by atoms with Crippen molar-refractivity contribution in [3.63, 3.8) is 0 Å². The molecule has 0 saturated heterocycles. The van der Waals surface area contributed by atoms with E-state index in [1.807, 2.05) is 0 Å². The summed E-state index contributed by atoms with van der Waals surface area (Å²) in [6, 6.07) is 0. The number of carbonyl (C=O) groups excluding carboxylic acids is 1. The number of esters is 1.